The van der Waals surface area contributed by atoms with E-state index < -0.39 is 27.8 Å². The topological polar surface area (TPSA) is 75.7 Å². The zero-order chi connectivity index (χ0) is 21.6. The number of benzene rings is 2. The number of anilines is 1. The molecule has 0 saturated heterocycles. The fourth-order valence-corrected chi connectivity index (χ4v) is 4.17. The molecule has 2 rings (SSSR count). The number of hydrogen-bond acceptors (Lipinski definition) is 4. The van der Waals surface area contributed by atoms with Crippen LogP contribution in [0, 0.1) is 12.7 Å². The Morgan fingerprint density at radius 1 is 1.17 bits per heavy atom. The number of ether oxygens (including phenoxy) is 1. The lowest BCUT2D eigenvalue weighted by molar-refractivity contribution is -0.123. The summed E-state index contributed by atoms with van der Waals surface area (Å²) in [5.74, 6) is -0.200. The average molecular weight is 423 g/mol. The lowest BCUT2D eigenvalue weighted by Gasteiger charge is -2.31. The lowest BCUT2D eigenvalue weighted by Crippen LogP contribution is -2.52. The highest BCUT2D eigenvalue weighted by molar-refractivity contribution is 7.92. The van der Waals surface area contributed by atoms with E-state index in [-0.39, 0.29) is 24.8 Å². The molecule has 158 valence electrons. The van der Waals surface area contributed by atoms with Crippen molar-refractivity contribution in [2.24, 2.45) is 0 Å². The third kappa shape index (κ3) is 6.19. The molecule has 0 fully saturated rings. The molecule has 0 unspecified atom stereocenters. The molecule has 0 saturated carbocycles. The van der Waals surface area contributed by atoms with Crippen LogP contribution in [-0.2, 0) is 14.8 Å². The van der Waals surface area contributed by atoms with Gasteiger partial charge in [0.1, 0.15) is 24.2 Å². The van der Waals surface area contributed by atoms with Crippen molar-refractivity contribution in [1.29, 1.82) is 0 Å². The number of carbonyl (C=O) groups is 1. The smallest absolute Gasteiger partial charge is 0.244 e. The fraction of sp³-hybridized carbons (Fsp3) is 0.381. The molecule has 0 bridgehead atoms. The van der Waals surface area contributed by atoms with Crippen LogP contribution in [0.2, 0.25) is 0 Å². The average Bonchev–Trinajstić information content (AvgIpc) is 2.65. The molecule has 29 heavy (non-hydrogen) atoms. The Morgan fingerprint density at radius 3 is 2.34 bits per heavy atom. The predicted octanol–water partition coefficient (Wildman–Crippen LogP) is 3.26. The Morgan fingerprint density at radius 2 is 1.79 bits per heavy atom. The summed E-state index contributed by atoms with van der Waals surface area (Å²) in [6, 6.07) is 11.3. The van der Waals surface area contributed by atoms with Crippen molar-refractivity contribution < 1.29 is 22.3 Å². The van der Waals surface area contributed by atoms with E-state index in [2.05, 4.69) is 5.32 Å². The molecule has 0 heterocycles. The van der Waals surface area contributed by atoms with Crippen LogP contribution >= 0.6 is 0 Å². The molecule has 0 aliphatic heterocycles. The first kappa shape index (κ1) is 22.7. The van der Waals surface area contributed by atoms with Gasteiger partial charge in [0.05, 0.1) is 18.0 Å². The zero-order valence-corrected chi connectivity index (χ0v) is 17.9. The van der Waals surface area contributed by atoms with Gasteiger partial charge in [0.25, 0.3) is 0 Å². The zero-order valence-electron chi connectivity index (χ0n) is 17.1. The first-order valence-corrected chi connectivity index (χ1v) is 11.2. The second-order valence-corrected chi connectivity index (χ2v) is 8.80. The number of para-hydroxylation sites is 1. The largest absolute Gasteiger partial charge is 0.491 e. The number of aryl methyl sites for hydroxylation is 1. The monoisotopic (exact) mass is 422 g/mol. The Hall–Kier alpha value is -2.61. The summed E-state index contributed by atoms with van der Waals surface area (Å²) < 4.78 is 44.8. The van der Waals surface area contributed by atoms with Gasteiger partial charge >= 0.3 is 0 Å². The van der Waals surface area contributed by atoms with Crippen LogP contribution in [0.4, 0.5) is 10.1 Å². The van der Waals surface area contributed by atoms with Gasteiger partial charge in [0.2, 0.25) is 15.9 Å². The molecule has 2 aromatic rings. The second-order valence-electron chi connectivity index (χ2n) is 6.95. The van der Waals surface area contributed by atoms with E-state index in [0.717, 1.165) is 34.0 Å². The van der Waals surface area contributed by atoms with E-state index in [1.807, 2.05) is 31.2 Å². The third-order valence-electron chi connectivity index (χ3n) is 4.38. The Bertz CT molecular complexity index is 932. The molecule has 2 atom stereocenters. The summed E-state index contributed by atoms with van der Waals surface area (Å²) in [6.45, 7) is 5.67. The van der Waals surface area contributed by atoms with E-state index in [1.54, 1.807) is 13.8 Å². The summed E-state index contributed by atoms with van der Waals surface area (Å²) in [4.78, 5) is 12.8. The van der Waals surface area contributed by atoms with E-state index in [9.17, 15) is 17.6 Å². The normalized spacial score (nSPS) is 13.4. The maximum atomic E-state index is 13.3. The number of sulfonamides is 1. The van der Waals surface area contributed by atoms with Gasteiger partial charge in [-0.1, -0.05) is 25.1 Å². The van der Waals surface area contributed by atoms with Gasteiger partial charge < -0.3 is 10.1 Å². The number of nitrogens with zero attached hydrogens (tertiary/aromatic N) is 1. The van der Waals surface area contributed by atoms with Crippen molar-refractivity contribution in [1.82, 2.24) is 5.32 Å². The molecule has 2 aromatic carbocycles. The van der Waals surface area contributed by atoms with Crippen LogP contribution in [0.15, 0.2) is 48.5 Å². The minimum atomic E-state index is -3.77. The van der Waals surface area contributed by atoms with E-state index in [0.29, 0.717) is 0 Å². The van der Waals surface area contributed by atoms with Crippen molar-refractivity contribution in [3.05, 3.63) is 59.9 Å². The highest BCUT2D eigenvalue weighted by Crippen LogP contribution is 2.23. The Balaban J connectivity index is 2.12. The molecule has 1 N–H and O–H groups in total. The van der Waals surface area contributed by atoms with E-state index >= 15 is 0 Å². The van der Waals surface area contributed by atoms with Gasteiger partial charge in [-0.05, 0) is 56.2 Å². The van der Waals surface area contributed by atoms with Gasteiger partial charge in [-0.25, -0.2) is 12.8 Å². The van der Waals surface area contributed by atoms with Gasteiger partial charge in [-0.2, -0.15) is 0 Å². The SMILES string of the molecule is CC[C@@H](C(=O)N[C@@H](C)COc1ccccc1C)N(c1ccc(F)cc1)S(C)(=O)=O. The first-order valence-electron chi connectivity index (χ1n) is 9.37. The maximum Gasteiger partial charge on any atom is 0.244 e. The molecule has 0 spiro atoms. The highest BCUT2D eigenvalue weighted by Gasteiger charge is 2.32. The Kier molecular flexibility index (Phi) is 7.61. The summed E-state index contributed by atoms with van der Waals surface area (Å²) >= 11 is 0. The number of carbonyl (C=O) groups excluding carboxylic acids is 1. The number of nitrogens with one attached hydrogen (secondary N) is 1. The molecular formula is C21H27FN2O4S. The van der Waals surface area contributed by atoms with Crippen LogP contribution in [0.25, 0.3) is 0 Å². The minimum absolute atomic E-state index is 0.236. The highest BCUT2D eigenvalue weighted by atomic mass is 32.2. The molecule has 0 aliphatic carbocycles. The van der Waals surface area contributed by atoms with Crippen molar-refractivity contribution in [2.75, 3.05) is 17.2 Å². The van der Waals surface area contributed by atoms with Crippen molar-refractivity contribution in [2.45, 2.75) is 39.3 Å². The number of hydrogen-bond donors (Lipinski definition) is 1. The van der Waals surface area contributed by atoms with Gasteiger partial charge in [0, 0.05) is 0 Å². The molecule has 6 nitrogen and oxygen atoms in total. The van der Waals surface area contributed by atoms with Crippen molar-refractivity contribution in [3.63, 3.8) is 0 Å². The van der Waals surface area contributed by atoms with Gasteiger partial charge in [0.15, 0.2) is 0 Å². The summed E-state index contributed by atoms with van der Waals surface area (Å²) in [5.41, 5.74) is 1.22. The maximum absolute atomic E-state index is 13.3. The van der Waals surface area contributed by atoms with E-state index in [4.69, 9.17) is 4.74 Å². The summed E-state index contributed by atoms with van der Waals surface area (Å²) in [6.07, 6.45) is 1.28. The second kappa shape index (κ2) is 9.73. The minimum Gasteiger partial charge on any atom is -0.491 e. The molecule has 0 radical (unpaired) electrons. The van der Waals surface area contributed by atoms with Crippen molar-refractivity contribution in [3.8, 4) is 5.75 Å². The van der Waals surface area contributed by atoms with Gasteiger partial charge in [-0.15, -0.1) is 0 Å². The molecular weight excluding hydrogens is 395 g/mol. The quantitative estimate of drug-likeness (QED) is 0.673. The van der Waals surface area contributed by atoms with Crippen LogP contribution in [0.5, 0.6) is 5.75 Å². The first-order chi connectivity index (χ1) is 13.6. The molecule has 0 aromatic heterocycles. The number of amides is 1. The molecule has 0 aliphatic rings. The predicted molar refractivity (Wildman–Crippen MR) is 112 cm³/mol. The van der Waals surface area contributed by atoms with Crippen LogP contribution in [-0.4, -0.2) is 39.3 Å². The molecule has 1 amide bonds. The molecule has 8 heteroatoms. The number of halogens is 1. The van der Waals surface area contributed by atoms with Gasteiger partial charge in [-0.3, -0.25) is 9.10 Å². The van der Waals surface area contributed by atoms with Crippen molar-refractivity contribution >= 4 is 21.6 Å². The fourth-order valence-electron chi connectivity index (χ4n) is 2.96. The van der Waals surface area contributed by atoms with E-state index in [1.165, 1.54) is 12.1 Å². The summed E-state index contributed by atoms with van der Waals surface area (Å²) in [7, 11) is -3.77. The third-order valence-corrected chi connectivity index (χ3v) is 5.56. The Labute approximate surface area is 171 Å². The number of rotatable bonds is 9. The van der Waals surface area contributed by atoms with Crippen LogP contribution in [0.3, 0.4) is 0 Å². The lowest BCUT2D eigenvalue weighted by atomic mass is 10.1. The van der Waals surface area contributed by atoms with Crippen LogP contribution in [0.1, 0.15) is 25.8 Å². The van der Waals surface area contributed by atoms with Crippen LogP contribution < -0.4 is 14.4 Å². The summed E-state index contributed by atoms with van der Waals surface area (Å²) in [5, 5.41) is 2.81. The standard InChI is InChI=1S/C21H27FN2O4S/c1-5-19(24(29(4,26)27)18-12-10-17(22)11-13-18)21(25)23-16(3)14-28-20-9-7-6-8-15(20)2/h6-13,16,19H,5,14H2,1-4H3,(H,23,25)/t16-,19-/m0/s1.